The van der Waals surface area contributed by atoms with E-state index in [9.17, 15) is 9.59 Å². The van der Waals surface area contributed by atoms with Gasteiger partial charge in [-0.15, -0.1) is 0 Å². The third-order valence-electron chi connectivity index (χ3n) is 3.68. The van der Waals surface area contributed by atoms with Crippen molar-refractivity contribution in [2.24, 2.45) is 0 Å². The first-order valence-electron chi connectivity index (χ1n) is 7.92. The second-order valence-corrected chi connectivity index (χ2v) is 6.08. The zero-order valence-electron chi connectivity index (χ0n) is 14.5. The van der Waals surface area contributed by atoms with Crippen LogP contribution in [0.3, 0.4) is 0 Å². The monoisotopic (exact) mass is 308 g/mol. The van der Waals surface area contributed by atoms with E-state index in [0.29, 0.717) is 5.56 Å². The summed E-state index contributed by atoms with van der Waals surface area (Å²) in [6.07, 6.45) is 1.91. The summed E-state index contributed by atoms with van der Waals surface area (Å²) in [6, 6.07) is 2.19. The van der Waals surface area contributed by atoms with Gasteiger partial charge >= 0.3 is 5.97 Å². The van der Waals surface area contributed by atoms with Crippen molar-refractivity contribution < 1.29 is 14.3 Å². The lowest BCUT2D eigenvalue weighted by atomic mass is 10.2. The van der Waals surface area contributed by atoms with Crippen LogP contribution in [0.2, 0.25) is 0 Å². The third-order valence-corrected chi connectivity index (χ3v) is 3.68. The summed E-state index contributed by atoms with van der Waals surface area (Å²) < 4.78 is 7.22. The molecule has 0 aromatic carbocycles. The van der Waals surface area contributed by atoms with Gasteiger partial charge in [0.15, 0.2) is 6.61 Å². The van der Waals surface area contributed by atoms with E-state index in [0.717, 1.165) is 24.2 Å². The number of ether oxygens (including phenoxy) is 1. The molecule has 1 aromatic rings. The van der Waals surface area contributed by atoms with Crippen LogP contribution < -0.4 is 5.32 Å². The Labute approximate surface area is 133 Å². The molecule has 1 aromatic heterocycles. The molecular formula is C17H28N2O3. The molecule has 0 saturated heterocycles. The lowest BCUT2D eigenvalue weighted by Gasteiger charge is -2.14. The smallest absolute Gasteiger partial charge is 0.340 e. The third kappa shape index (κ3) is 4.61. The van der Waals surface area contributed by atoms with Gasteiger partial charge in [0.2, 0.25) is 0 Å². The van der Waals surface area contributed by atoms with Crippen LogP contribution in [-0.4, -0.2) is 29.1 Å². The summed E-state index contributed by atoms with van der Waals surface area (Å²) in [5.41, 5.74) is 2.42. The number of hydrogen-bond acceptors (Lipinski definition) is 3. The number of nitrogens with one attached hydrogen (secondary N) is 1. The van der Waals surface area contributed by atoms with Crippen molar-refractivity contribution in [2.45, 2.75) is 66.5 Å². The van der Waals surface area contributed by atoms with E-state index in [4.69, 9.17) is 4.74 Å². The molecule has 0 aliphatic rings. The molecule has 5 nitrogen and oxygen atoms in total. The van der Waals surface area contributed by atoms with Crippen LogP contribution in [0, 0.1) is 13.8 Å². The van der Waals surface area contributed by atoms with E-state index >= 15 is 0 Å². The fourth-order valence-electron chi connectivity index (χ4n) is 2.81. The lowest BCUT2D eigenvalue weighted by molar-refractivity contribution is -0.124. The summed E-state index contributed by atoms with van der Waals surface area (Å²) in [4.78, 5) is 23.9. The number of carbonyl (C=O) groups is 2. The molecule has 1 atom stereocenters. The molecule has 0 aliphatic heterocycles. The van der Waals surface area contributed by atoms with E-state index in [1.807, 2.05) is 26.8 Å². The maximum atomic E-state index is 12.2. The average Bonchev–Trinajstić information content (AvgIpc) is 2.71. The second-order valence-electron chi connectivity index (χ2n) is 6.08. The van der Waals surface area contributed by atoms with Crippen molar-refractivity contribution in [3.8, 4) is 0 Å². The number of carbonyl (C=O) groups excluding carboxylic acids is 2. The van der Waals surface area contributed by atoms with E-state index in [-0.39, 0.29) is 24.6 Å². The fraction of sp³-hybridized carbons (Fsp3) is 0.647. The van der Waals surface area contributed by atoms with Crippen molar-refractivity contribution >= 4 is 11.9 Å². The molecule has 0 radical (unpaired) electrons. The molecule has 1 rings (SSSR count). The number of amides is 1. The molecule has 1 amide bonds. The molecule has 1 N–H and O–H groups in total. The Morgan fingerprint density at radius 2 is 1.91 bits per heavy atom. The van der Waals surface area contributed by atoms with E-state index in [1.165, 1.54) is 0 Å². The van der Waals surface area contributed by atoms with E-state index < -0.39 is 5.97 Å². The molecule has 5 heteroatoms. The van der Waals surface area contributed by atoms with Crippen molar-refractivity contribution in [3.05, 3.63) is 23.0 Å². The predicted octanol–water partition coefficient (Wildman–Crippen LogP) is 3.15. The Bertz CT molecular complexity index is 532. The van der Waals surface area contributed by atoms with Gasteiger partial charge in [0.1, 0.15) is 0 Å². The molecule has 124 valence electrons. The Balaban J connectivity index is 2.63. The molecule has 1 unspecified atom stereocenters. The van der Waals surface area contributed by atoms with Crippen molar-refractivity contribution in [2.75, 3.05) is 6.61 Å². The molecule has 0 saturated carbocycles. The Kier molecular flexibility index (Phi) is 6.65. The van der Waals surface area contributed by atoms with Crippen LogP contribution in [0.25, 0.3) is 0 Å². The van der Waals surface area contributed by atoms with Crippen molar-refractivity contribution in [1.29, 1.82) is 0 Å². The standard InChI is InChI=1S/C17H28N2O3/c1-7-8-12(4)18-16(20)10-22-17(21)15-9-13(5)19(11(2)3)14(15)6/h9,11-12H,7-8,10H2,1-6H3,(H,18,20). The van der Waals surface area contributed by atoms with Gasteiger partial charge in [-0.25, -0.2) is 4.79 Å². The van der Waals surface area contributed by atoms with Gasteiger partial charge in [0.05, 0.1) is 5.56 Å². The summed E-state index contributed by atoms with van der Waals surface area (Å²) >= 11 is 0. The molecule has 1 heterocycles. The summed E-state index contributed by atoms with van der Waals surface area (Å²) in [6.45, 7) is 11.8. The van der Waals surface area contributed by atoms with Gasteiger partial charge in [-0.2, -0.15) is 0 Å². The van der Waals surface area contributed by atoms with Gasteiger partial charge in [-0.3, -0.25) is 4.79 Å². The highest BCUT2D eigenvalue weighted by atomic mass is 16.5. The van der Waals surface area contributed by atoms with Gasteiger partial charge < -0.3 is 14.6 Å². The largest absolute Gasteiger partial charge is 0.452 e. The minimum Gasteiger partial charge on any atom is -0.452 e. The number of esters is 1. The number of aryl methyl sites for hydroxylation is 1. The summed E-state index contributed by atoms with van der Waals surface area (Å²) in [5.74, 6) is -0.703. The Morgan fingerprint density at radius 1 is 1.27 bits per heavy atom. The number of aromatic nitrogens is 1. The second kappa shape index (κ2) is 8.01. The van der Waals surface area contributed by atoms with E-state index in [2.05, 4.69) is 30.7 Å². The minimum absolute atomic E-state index is 0.0993. The van der Waals surface area contributed by atoms with Crippen LogP contribution in [0.4, 0.5) is 0 Å². The normalized spacial score (nSPS) is 12.3. The number of rotatable bonds is 7. The molecule has 22 heavy (non-hydrogen) atoms. The quantitative estimate of drug-likeness (QED) is 0.787. The maximum absolute atomic E-state index is 12.2. The zero-order chi connectivity index (χ0) is 16.9. The SMILES string of the molecule is CCCC(C)NC(=O)COC(=O)c1cc(C)n(C(C)C)c1C. The lowest BCUT2D eigenvalue weighted by Crippen LogP contribution is -2.35. The molecule has 0 spiro atoms. The first kappa shape index (κ1) is 18.3. The highest BCUT2D eigenvalue weighted by Crippen LogP contribution is 2.20. The van der Waals surface area contributed by atoms with Gasteiger partial charge in [0.25, 0.3) is 5.91 Å². The first-order chi connectivity index (χ1) is 10.3. The number of hydrogen-bond donors (Lipinski definition) is 1. The van der Waals surface area contributed by atoms with Gasteiger partial charge in [0, 0.05) is 23.5 Å². The highest BCUT2D eigenvalue weighted by molar-refractivity contribution is 5.92. The van der Waals surface area contributed by atoms with Crippen LogP contribution in [-0.2, 0) is 9.53 Å². The van der Waals surface area contributed by atoms with Crippen LogP contribution >= 0.6 is 0 Å². The molecule has 0 fully saturated rings. The van der Waals surface area contributed by atoms with Gasteiger partial charge in [-0.1, -0.05) is 13.3 Å². The minimum atomic E-state index is -0.446. The Hall–Kier alpha value is -1.78. The highest BCUT2D eigenvalue weighted by Gasteiger charge is 2.19. The molecular weight excluding hydrogens is 280 g/mol. The fourth-order valence-corrected chi connectivity index (χ4v) is 2.81. The topological polar surface area (TPSA) is 60.3 Å². The predicted molar refractivity (Wildman–Crippen MR) is 87.1 cm³/mol. The summed E-state index contributed by atoms with van der Waals surface area (Å²) in [7, 11) is 0. The zero-order valence-corrected chi connectivity index (χ0v) is 14.5. The van der Waals surface area contributed by atoms with Crippen molar-refractivity contribution in [3.63, 3.8) is 0 Å². The van der Waals surface area contributed by atoms with Crippen molar-refractivity contribution in [1.82, 2.24) is 9.88 Å². The van der Waals surface area contributed by atoms with Crippen LogP contribution in [0.5, 0.6) is 0 Å². The van der Waals surface area contributed by atoms with Gasteiger partial charge in [-0.05, 0) is 47.1 Å². The molecule has 0 bridgehead atoms. The average molecular weight is 308 g/mol. The van der Waals surface area contributed by atoms with Crippen LogP contribution in [0.15, 0.2) is 6.07 Å². The number of nitrogens with zero attached hydrogens (tertiary/aromatic N) is 1. The Morgan fingerprint density at radius 3 is 2.41 bits per heavy atom. The van der Waals surface area contributed by atoms with Crippen LogP contribution in [0.1, 0.15) is 68.3 Å². The van der Waals surface area contributed by atoms with E-state index in [1.54, 1.807) is 0 Å². The first-order valence-corrected chi connectivity index (χ1v) is 7.92. The molecule has 0 aliphatic carbocycles. The summed E-state index contributed by atoms with van der Waals surface area (Å²) in [5, 5.41) is 2.82. The maximum Gasteiger partial charge on any atom is 0.340 e.